The zero-order valence-electron chi connectivity index (χ0n) is 10.7. The second-order valence-corrected chi connectivity index (χ2v) is 6.95. The smallest absolute Gasteiger partial charge is 0.305 e. The Bertz CT molecular complexity index is 277. The summed E-state index contributed by atoms with van der Waals surface area (Å²) in [5.41, 5.74) is -0.0553. The van der Waals surface area contributed by atoms with E-state index >= 15 is 0 Å². The Labute approximate surface area is 108 Å². The Morgan fingerprint density at radius 3 is 2.47 bits per heavy atom. The predicted octanol–water partition coefficient (Wildman–Crippen LogP) is 2.60. The molecule has 0 aromatic heterocycles. The minimum Gasteiger partial charge on any atom is -0.481 e. The summed E-state index contributed by atoms with van der Waals surface area (Å²) in [6.45, 7) is 4.42. The van der Waals surface area contributed by atoms with E-state index in [9.17, 15) is 9.90 Å². The van der Waals surface area contributed by atoms with Gasteiger partial charge in [0, 0.05) is 16.5 Å². The summed E-state index contributed by atoms with van der Waals surface area (Å²) in [4.78, 5) is 13.7. The summed E-state index contributed by atoms with van der Waals surface area (Å²) >= 11 is 1.94. The fraction of sp³-hybridized carbons (Fsp3) is 0.923. The monoisotopic (exact) mass is 257 g/mol. The van der Waals surface area contributed by atoms with Crippen LogP contribution in [0, 0.1) is 0 Å². The molecule has 2 aliphatic rings. The number of thioether (sulfide) groups is 1. The molecule has 2 atom stereocenters. The minimum absolute atomic E-state index is 0.0553. The van der Waals surface area contributed by atoms with Crippen molar-refractivity contribution in [1.29, 1.82) is 0 Å². The lowest BCUT2D eigenvalue weighted by molar-refractivity contribution is -0.140. The molecule has 0 aromatic rings. The van der Waals surface area contributed by atoms with E-state index < -0.39 is 5.97 Å². The lowest BCUT2D eigenvalue weighted by Crippen LogP contribution is -2.51. The van der Waals surface area contributed by atoms with Crippen molar-refractivity contribution in [3.63, 3.8) is 0 Å². The summed E-state index contributed by atoms with van der Waals surface area (Å²) in [5, 5.41) is 9.80. The highest BCUT2D eigenvalue weighted by atomic mass is 32.2. The number of aliphatic carboxylic acids is 1. The van der Waals surface area contributed by atoms with Crippen LogP contribution in [0.15, 0.2) is 0 Å². The van der Waals surface area contributed by atoms with Crippen LogP contribution in [0.3, 0.4) is 0 Å². The molecule has 2 rings (SSSR count). The molecule has 2 unspecified atom stereocenters. The third kappa shape index (κ3) is 3.16. The SMILES string of the molecule is CC1CC(CC(=O)O)(N2CCCCCC2)CS1. The molecule has 2 fully saturated rings. The Hall–Kier alpha value is -0.220. The highest BCUT2D eigenvalue weighted by Crippen LogP contribution is 2.41. The van der Waals surface area contributed by atoms with Crippen LogP contribution in [0.4, 0.5) is 0 Å². The lowest BCUT2D eigenvalue weighted by Gasteiger charge is -2.39. The molecule has 1 N–H and O–H groups in total. The van der Waals surface area contributed by atoms with Gasteiger partial charge in [-0.05, 0) is 32.4 Å². The average molecular weight is 257 g/mol. The molecule has 4 heteroatoms. The van der Waals surface area contributed by atoms with E-state index in [0.717, 1.165) is 25.3 Å². The molecule has 0 aliphatic carbocycles. The normalized spacial score (nSPS) is 35.7. The van der Waals surface area contributed by atoms with E-state index in [2.05, 4.69) is 11.8 Å². The quantitative estimate of drug-likeness (QED) is 0.843. The molecule has 17 heavy (non-hydrogen) atoms. The first-order valence-corrected chi connectivity index (χ1v) is 7.76. The summed E-state index contributed by atoms with van der Waals surface area (Å²) in [7, 11) is 0. The fourth-order valence-corrected chi connectivity index (χ4v) is 4.66. The van der Waals surface area contributed by atoms with Crippen LogP contribution in [0.2, 0.25) is 0 Å². The molecule has 2 saturated heterocycles. The topological polar surface area (TPSA) is 40.5 Å². The van der Waals surface area contributed by atoms with Crippen molar-refractivity contribution in [2.45, 2.75) is 56.2 Å². The van der Waals surface area contributed by atoms with Gasteiger partial charge in [-0.25, -0.2) is 0 Å². The van der Waals surface area contributed by atoms with Gasteiger partial charge in [0.1, 0.15) is 0 Å². The van der Waals surface area contributed by atoms with E-state index in [0.29, 0.717) is 11.7 Å². The molecule has 0 radical (unpaired) electrons. The summed E-state index contributed by atoms with van der Waals surface area (Å²) in [5.74, 6) is 0.365. The van der Waals surface area contributed by atoms with Crippen molar-refractivity contribution in [1.82, 2.24) is 4.90 Å². The van der Waals surface area contributed by atoms with Gasteiger partial charge in [0.25, 0.3) is 0 Å². The predicted molar refractivity (Wildman–Crippen MR) is 71.6 cm³/mol. The van der Waals surface area contributed by atoms with Gasteiger partial charge in [-0.1, -0.05) is 19.8 Å². The van der Waals surface area contributed by atoms with Crippen molar-refractivity contribution < 1.29 is 9.90 Å². The number of hydrogen-bond donors (Lipinski definition) is 1. The number of rotatable bonds is 3. The largest absolute Gasteiger partial charge is 0.481 e. The Morgan fingerprint density at radius 1 is 1.35 bits per heavy atom. The summed E-state index contributed by atoms with van der Waals surface area (Å²) in [6.07, 6.45) is 6.46. The molecule has 2 heterocycles. The minimum atomic E-state index is -0.635. The van der Waals surface area contributed by atoms with E-state index in [1.807, 2.05) is 11.8 Å². The number of hydrogen-bond acceptors (Lipinski definition) is 3. The molecular formula is C13H23NO2S. The van der Waals surface area contributed by atoms with Gasteiger partial charge >= 0.3 is 5.97 Å². The first-order valence-electron chi connectivity index (χ1n) is 6.71. The van der Waals surface area contributed by atoms with Gasteiger partial charge in [-0.2, -0.15) is 11.8 Å². The zero-order chi connectivity index (χ0) is 12.3. The second-order valence-electron chi connectivity index (χ2n) is 5.52. The highest BCUT2D eigenvalue weighted by molar-refractivity contribution is 8.00. The van der Waals surface area contributed by atoms with E-state index in [-0.39, 0.29) is 5.54 Å². The standard InChI is InChI=1S/C13H23NO2S/c1-11-8-13(10-17-11,9-12(15)16)14-6-4-2-3-5-7-14/h11H,2-10H2,1H3,(H,15,16). The van der Waals surface area contributed by atoms with E-state index in [1.54, 1.807) is 0 Å². The fourth-order valence-electron chi connectivity index (χ4n) is 3.23. The third-order valence-corrected chi connectivity index (χ3v) is 5.50. The third-order valence-electron chi connectivity index (χ3n) is 4.06. The van der Waals surface area contributed by atoms with Gasteiger partial charge < -0.3 is 5.11 Å². The van der Waals surface area contributed by atoms with Crippen molar-refractivity contribution in [3.05, 3.63) is 0 Å². The van der Waals surface area contributed by atoms with Crippen LogP contribution in [0.25, 0.3) is 0 Å². The van der Waals surface area contributed by atoms with Crippen LogP contribution in [0.5, 0.6) is 0 Å². The molecule has 0 bridgehead atoms. The van der Waals surface area contributed by atoms with Gasteiger partial charge in [0.2, 0.25) is 0 Å². The Balaban J connectivity index is 2.10. The zero-order valence-corrected chi connectivity index (χ0v) is 11.5. The van der Waals surface area contributed by atoms with Gasteiger partial charge in [-0.15, -0.1) is 0 Å². The number of likely N-dealkylation sites (tertiary alicyclic amines) is 1. The molecule has 0 aromatic carbocycles. The Kier molecular flexibility index (Phi) is 4.36. The first kappa shape index (κ1) is 13.2. The molecule has 0 spiro atoms. The number of carboxylic acid groups (broad SMARTS) is 1. The first-order chi connectivity index (χ1) is 8.12. The van der Waals surface area contributed by atoms with Crippen LogP contribution in [0.1, 0.15) is 45.4 Å². The van der Waals surface area contributed by atoms with Crippen LogP contribution < -0.4 is 0 Å². The molecule has 0 saturated carbocycles. The second kappa shape index (κ2) is 5.61. The van der Waals surface area contributed by atoms with Crippen LogP contribution in [-0.4, -0.2) is 45.6 Å². The molecule has 2 aliphatic heterocycles. The molecular weight excluding hydrogens is 234 g/mol. The lowest BCUT2D eigenvalue weighted by atomic mass is 9.89. The molecule has 0 amide bonds. The van der Waals surface area contributed by atoms with Gasteiger partial charge in [0.05, 0.1) is 6.42 Å². The number of carboxylic acids is 1. The van der Waals surface area contributed by atoms with E-state index in [1.165, 1.54) is 25.7 Å². The Morgan fingerprint density at radius 2 is 2.00 bits per heavy atom. The van der Waals surface area contributed by atoms with Crippen LogP contribution in [-0.2, 0) is 4.79 Å². The maximum absolute atomic E-state index is 11.2. The number of nitrogens with zero attached hydrogens (tertiary/aromatic N) is 1. The van der Waals surface area contributed by atoms with Gasteiger partial charge in [0.15, 0.2) is 0 Å². The highest BCUT2D eigenvalue weighted by Gasteiger charge is 2.44. The number of carbonyl (C=O) groups is 1. The van der Waals surface area contributed by atoms with Crippen molar-refractivity contribution >= 4 is 17.7 Å². The maximum atomic E-state index is 11.2. The van der Waals surface area contributed by atoms with Crippen LogP contribution >= 0.6 is 11.8 Å². The van der Waals surface area contributed by atoms with E-state index in [4.69, 9.17) is 0 Å². The summed E-state index contributed by atoms with van der Waals surface area (Å²) < 4.78 is 0. The van der Waals surface area contributed by atoms with Crippen molar-refractivity contribution in [3.8, 4) is 0 Å². The summed E-state index contributed by atoms with van der Waals surface area (Å²) in [6, 6.07) is 0. The van der Waals surface area contributed by atoms with Gasteiger partial charge in [-0.3, -0.25) is 9.69 Å². The molecule has 3 nitrogen and oxygen atoms in total. The van der Waals surface area contributed by atoms with Crippen molar-refractivity contribution in [2.75, 3.05) is 18.8 Å². The molecule has 98 valence electrons. The maximum Gasteiger partial charge on any atom is 0.305 e. The average Bonchev–Trinajstić information content (AvgIpc) is 2.53. The van der Waals surface area contributed by atoms with Crippen molar-refractivity contribution in [2.24, 2.45) is 0 Å².